The zero-order valence-corrected chi connectivity index (χ0v) is 20.9. The molecule has 1 unspecified atom stereocenters. The van der Waals surface area contributed by atoms with Crippen LogP contribution in [-0.2, 0) is 19.7 Å². The fourth-order valence-electron chi connectivity index (χ4n) is 5.15. The van der Waals surface area contributed by atoms with E-state index in [0.29, 0.717) is 18.8 Å². The Morgan fingerprint density at radius 2 is 1.84 bits per heavy atom. The summed E-state index contributed by atoms with van der Waals surface area (Å²) in [6.07, 6.45) is 11.7. The van der Waals surface area contributed by atoms with Crippen LogP contribution in [0.25, 0.3) is 0 Å². The van der Waals surface area contributed by atoms with Crippen LogP contribution in [0.1, 0.15) is 98.0 Å². The van der Waals surface area contributed by atoms with Gasteiger partial charge in [0.25, 0.3) is 0 Å². The van der Waals surface area contributed by atoms with Gasteiger partial charge in [-0.25, -0.2) is 0 Å². The molecule has 3 nitrogen and oxygen atoms in total. The average molecular weight is 441 g/mol. The van der Waals surface area contributed by atoms with E-state index >= 15 is 0 Å². The average Bonchev–Trinajstić information content (AvgIpc) is 2.77. The first-order valence-electron chi connectivity index (χ1n) is 12.7. The summed E-state index contributed by atoms with van der Waals surface area (Å²) >= 11 is 0. The molecule has 32 heavy (non-hydrogen) atoms. The van der Waals surface area contributed by atoms with Gasteiger partial charge in [0, 0.05) is 12.3 Å². The van der Waals surface area contributed by atoms with E-state index in [4.69, 9.17) is 4.74 Å². The Labute approximate surface area is 196 Å². The summed E-state index contributed by atoms with van der Waals surface area (Å²) in [4.78, 5) is 26.1. The highest BCUT2D eigenvalue weighted by molar-refractivity contribution is 5.99. The van der Waals surface area contributed by atoms with Gasteiger partial charge in [-0.3, -0.25) is 9.59 Å². The second kappa shape index (κ2) is 13.0. The molecular weight excluding hydrogens is 396 g/mol. The standard InChI is InChI=1S/C29H44O3/c1-6-8-9-10-14-18-26(30)24(15-7-2)28(31)32-27-21-22(3)19-20-25(27)29(4,5)23-16-12-11-13-17-23/h8-9,11-13,16-17,22,24-25,27H,6-7,10,14-15,18-21H2,1-5H3/b9-8+/t22-,24?,25-,27-/m1/s1. The molecule has 0 saturated heterocycles. The second-order valence-corrected chi connectivity index (χ2v) is 10.2. The van der Waals surface area contributed by atoms with Crippen LogP contribution in [0.5, 0.6) is 0 Å². The predicted octanol–water partition coefficient (Wildman–Crippen LogP) is 7.43. The number of esters is 1. The van der Waals surface area contributed by atoms with Gasteiger partial charge in [0.2, 0.25) is 0 Å². The SMILES string of the molecule is CC/C=C/CCCC(=O)C(CCC)C(=O)O[C@@H]1C[C@H](C)CC[C@H]1C(C)(C)c1ccccc1. The van der Waals surface area contributed by atoms with E-state index in [1.54, 1.807) is 0 Å². The minimum absolute atomic E-state index is 0.0458. The van der Waals surface area contributed by atoms with Gasteiger partial charge in [-0.15, -0.1) is 0 Å². The summed E-state index contributed by atoms with van der Waals surface area (Å²) < 4.78 is 6.19. The van der Waals surface area contributed by atoms with Crippen molar-refractivity contribution in [2.75, 3.05) is 0 Å². The molecule has 1 aliphatic carbocycles. The van der Waals surface area contributed by atoms with Crippen LogP contribution in [0, 0.1) is 17.8 Å². The van der Waals surface area contributed by atoms with Crippen molar-refractivity contribution in [3.8, 4) is 0 Å². The molecule has 0 bridgehead atoms. The van der Waals surface area contributed by atoms with Gasteiger partial charge in [-0.05, 0) is 55.4 Å². The Bertz CT molecular complexity index is 734. The molecule has 1 fully saturated rings. The van der Waals surface area contributed by atoms with E-state index in [9.17, 15) is 9.59 Å². The molecule has 2 rings (SSSR count). The van der Waals surface area contributed by atoms with E-state index in [-0.39, 0.29) is 29.2 Å². The number of ether oxygens (including phenoxy) is 1. The smallest absolute Gasteiger partial charge is 0.316 e. The quantitative estimate of drug-likeness (QED) is 0.147. The number of rotatable bonds is 12. The summed E-state index contributed by atoms with van der Waals surface area (Å²) in [6, 6.07) is 10.5. The van der Waals surface area contributed by atoms with Crippen LogP contribution in [0.4, 0.5) is 0 Å². The first-order chi connectivity index (χ1) is 15.3. The molecule has 4 atom stereocenters. The lowest BCUT2D eigenvalue weighted by Crippen LogP contribution is -2.44. The fraction of sp³-hybridized carbons (Fsp3) is 0.655. The lowest BCUT2D eigenvalue weighted by atomic mass is 9.64. The number of unbranched alkanes of at least 4 members (excludes halogenated alkanes) is 1. The van der Waals surface area contributed by atoms with Gasteiger partial charge >= 0.3 is 5.97 Å². The molecular formula is C29H44O3. The van der Waals surface area contributed by atoms with Gasteiger partial charge in [0.15, 0.2) is 0 Å². The lowest BCUT2D eigenvalue weighted by molar-refractivity contribution is -0.164. The third-order valence-electron chi connectivity index (χ3n) is 7.21. The summed E-state index contributed by atoms with van der Waals surface area (Å²) in [6.45, 7) is 10.9. The van der Waals surface area contributed by atoms with Crippen molar-refractivity contribution >= 4 is 11.8 Å². The predicted molar refractivity (Wildman–Crippen MR) is 133 cm³/mol. The first-order valence-corrected chi connectivity index (χ1v) is 12.7. The normalized spacial score (nSPS) is 22.6. The van der Waals surface area contributed by atoms with Crippen molar-refractivity contribution in [2.45, 2.75) is 104 Å². The van der Waals surface area contributed by atoms with Crippen molar-refractivity contribution in [1.82, 2.24) is 0 Å². The number of carbonyl (C=O) groups is 2. The molecule has 0 radical (unpaired) electrons. The van der Waals surface area contributed by atoms with E-state index in [0.717, 1.165) is 44.9 Å². The largest absolute Gasteiger partial charge is 0.461 e. The van der Waals surface area contributed by atoms with E-state index in [1.165, 1.54) is 5.56 Å². The molecule has 1 aliphatic rings. The molecule has 0 amide bonds. The molecule has 0 aromatic heterocycles. The fourth-order valence-corrected chi connectivity index (χ4v) is 5.15. The molecule has 0 spiro atoms. The third kappa shape index (κ3) is 7.32. The number of hydrogen-bond acceptors (Lipinski definition) is 3. The third-order valence-corrected chi connectivity index (χ3v) is 7.21. The Morgan fingerprint density at radius 3 is 2.50 bits per heavy atom. The summed E-state index contributed by atoms with van der Waals surface area (Å²) in [5.41, 5.74) is 1.18. The molecule has 1 saturated carbocycles. The highest BCUT2D eigenvalue weighted by Crippen LogP contribution is 2.44. The Kier molecular flexibility index (Phi) is 10.7. The summed E-state index contributed by atoms with van der Waals surface area (Å²) in [7, 11) is 0. The van der Waals surface area contributed by atoms with Crippen LogP contribution in [-0.4, -0.2) is 17.9 Å². The minimum Gasteiger partial charge on any atom is -0.461 e. The van der Waals surface area contributed by atoms with Gasteiger partial charge in [-0.1, -0.05) is 89.9 Å². The maximum absolute atomic E-state index is 13.2. The van der Waals surface area contributed by atoms with Gasteiger partial charge in [0.1, 0.15) is 17.8 Å². The number of Topliss-reactive ketones (excluding diaryl/α,β-unsaturated/α-hetero) is 1. The number of allylic oxidation sites excluding steroid dienone is 2. The van der Waals surface area contributed by atoms with Crippen LogP contribution in [0.3, 0.4) is 0 Å². The topological polar surface area (TPSA) is 43.4 Å². The van der Waals surface area contributed by atoms with Crippen molar-refractivity contribution < 1.29 is 14.3 Å². The minimum atomic E-state index is -0.618. The Balaban J connectivity index is 2.11. The van der Waals surface area contributed by atoms with Crippen molar-refractivity contribution in [1.29, 1.82) is 0 Å². The van der Waals surface area contributed by atoms with Crippen molar-refractivity contribution in [3.63, 3.8) is 0 Å². The van der Waals surface area contributed by atoms with E-state index < -0.39 is 5.92 Å². The second-order valence-electron chi connectivity index (χ2n) is 10.2. The van der Waals surface area contributed by atoms with Crippen LogP contribution in [0.15, 0.2) is 42.5 Å². The van der Waals surface area contributed by atoms with Crippen molar-refractivity contribution in [3.05, 3.63) is 48.0 Å². The van der Waals surface area contributed by atoms with E-state index in [2.05, 4.69) is 64.1 Å². The van der Waals surface area contributed by atoms with Gasteiger partial charge < -0.3 is 4.74 Å². The van der Waals surface area contributed by atoms with Crippen LogP contribution in [0.2, 0.25) is 0 Å². The number of benzene rings is 1. The highest BCUT2D eigenvalue weighted by atomic mass is 16.5. The van der Waals surface area contributed by atoms with Crippen molar-refractivity contribution in [2.24, 2.45) is 17.8 Å². The first kappa shape index (κ1) is 26.4. The Morgan fingerprint density at radius 1 is 1.12 bits per heavy atom. The summed E-state index contributed by atoms with van der Waals surface area (Å²) in [5, 5.41) is 0. The Hall–Kier alpha value is -1.90. The molecule has 0 aliphatic heterocycles. The maximum atomic E-state index is 13.2. The molecule has 1 aromatic carbocycles. The number of ketones is 1. The zero-order valence-electron chi connectivity index (χ0n) is 20.9. The van der Waals surface area contributed by atoms with Crippen LogP contribution >= 0.6 is 0 Å². The zero-order chi connectivity index (χ0) is 23.6. The highest BCUT2D eigenvalue weighted by Gasteiger charge is 2.43. The monoisotopic (exact) mass is 440 g/mol. The molecule has 178 valence electrons. The lowest BCUT2D eigenvalue weighted by Gasteiger charge is -2.44. The summed E-state index contributed by atoms with van der Waals surface area (Å²) in [5.74, 6) is -0.0887. The molecule has 1 aromatic rings. The number of carbonyl (C=O) groups excluding carboxylic acids is 2. The molecule has 0 heterocycles. The number of hydrogen-bond donors (Lipinski definition) is 0. The molecule has 3 heteroatoms. The van der Waals surface area contributed by atoms with Gasteiger partial charge in [0.05, 0.1) is 0 Å². The van der Waals surface area contributed by atoms with Gasteiger partial charge in [-0.2, -0.15) is 0 Å². The maximum Gasteiger partial charge on any atom is 0.316 e. The van der Waals surface area contributed by atoms with Crippen LogP contribution < -0.4 is 0 Å². The molecule has 0 N–H and O–H groups in total. The van der Waals surface area contributed by atoms with E-state index in [1.807, 2.05) is 13.0 Å².